The maximum absolute atomic E-state index is 11.8. The van der Waals surface area contributed by atoms with Gasteiger partial charge in [-0.3, -0.25) is 9.59 Å². The first-order chi connectivity index (χ1) is 8.16. The Bertz CT molecular complexity index is 546. The molecular formula is C13H11NO2S. The van der Waals surface area contributed by atoms with Gasteiger partial charge in [0.05, 0.1) is 9.75 Å². The Morgan fingerprint density at radius 2 is 1.65 bits per heavy atom. The lowest BCUT2D eigenvalue weighted by molar-refractivity contribution is 0.101. The number of benzene rings is 1. The summed E-state index contributed by atoms with van der Waals surface area (Å²) in [5.41, 5.74) is 0.746. The van der Waals surface area contributed by atoms with Gasteiger partial charge in [0.1, 0.15) is 0 Å². The Labute approximate surface area is 103 Å². The zero-order valence-corrected chi connectivity index (χ0v) is 10.1. The number of hydrogen-bond acceptors (Lipinski definition) is 3. The number of para-hydroxylation sites is 1. The number of thiophene rings is 1. The van der Waals surface area contributed by atoms with E-state index in [1.165, 1.54) is 18.3 Å². The van der Waals surface area contributed by atoms with E-state index in [2.05, 4.69) is 5.32 Å². The van der Waals surface area contributed by atoms with E-state index in [-0.39, 0.29) is 11.7 Å². The summed E-state index contributed by atoms with van der Waals surface area (Å²) >= 11 is 1.21. The van der Waals surface area contributed by atoms with Gasteiger partial charge in [-0.2, -0.15) is 0 Å². The normalized spacial score (nSPS) is 9.94. The highest BCUT2D eigenvalue weighted by atomic mass is 32.1. The number of nitrogens with one attached hydrogen (secondary N) is 1. The molecule has 0 saturated heterocycles. The molecule has 0 aliphatic carbocycles. The molecule has 1 heterocycles. The summed E-state index contributed by atoms with van der Waals surface area (Å²) in [5, 5.41) is 2.77. The van der Waals surface area contributed by atoms with Gasteiger partial charge in [-0.1, -0.05) is 18.2 Å². The maximum Gasteiger partial charge on any atom is 0.265 e. The zero-order valence-electron chi connectivity index (χ0n) is 9.27. The van der Waals surface area contributed by atoms with Gasteiger partial charge >= 0.3 is 0 Å². The Morgan fingerprint density at radius 3 is 2.24 bits per heavy atom. The number of hydrogen-bond donors (Lipinski definition) is 1. The van der Waals surface area contributed by atoms with E-state index in [1.54, 1.807) is 12.1 Å². The second-order valence-electron chi connectivity index (χ2n) is 3.54. The second kappa shape index (κ2) is 4.93. The summed E-state index contributed by atoms with van der Waals surface area (Å²) in [7, 11) is 0. The molecule has 0 unspecified atom stereocenters. The predicted octanol–water partition coefficient (Wildman–Crippen LogP) is 3.20. The summed E-state index contributed by atoms with van der Waals surface area (Å²) in [6.45, 7) is 1.49. The molecule has 0 radical (unpaired) electrons. The highest BCUT2D eigenvalue weighted by molar-refractivity contribution is 7.16. The van der Waals surface area contributed by atoms with Crippen LogP contribution < -0.4 is 5.32 Å². The molecule has 0 aliphatic rings. The fourth-order valence-corrected chi connectivity index (χ4v) is 2.16. The molecule has 2 aromatic rings. The third-order valence-corrected chi connectivity index (χ3v) is 3.39. The summed E-state index contributed by atoms with van der Waals surface area (Å²) in [6, 6.07) is 12.6. The van der Waals surface area contributed by atoms with Crippen molar-refractivity contribution in [1.82, 2.24) is 0 Å². The molecule has 1 aromatic heterocycles. The lowest BCUT2D eigenvalue weighted by Gasteiger charge is -2.01. The van der Waals surface area contributed by atoms with Gasteiger partial charge in [-0.25, -0.2) is 0 Å². The fraction of sp³-hybridized carbons (Fsp3) is 0.0769. The number of amides is 1. The van der Waals surface area contributed by atoms with Crippen molar-refractivity contribution in [3.05, 3.63) is 52.2 Å². The van der Waals surface area contributed by atoms with Crippen LogP contribution in [0, 0.1) is 0 Å². The van der Waals surface area contributed by atoms with Crippen LogP contribution in [0.3, 0.4) is 0 Å². The van der Waals surface area contributed by atoms with Crippen LogP contribution >= 0.6 is 11.3 Å². The minimum atomic E-state index is -0.186. The van der Waals surface area contributed by atoms with Crippen LogP contribution in [-0.4, -0.2) is 11.7 Å². The smallest absolute Gasteiger partial charge is 0.265 e. The lowest BCUT2D eigenvalue weighted by atomic mass is 10.3. The van der Waals surface area contributed by atoms with Gasteiger partial charge in [-0.15, -0.1) is 11.3 Å². The minimum absolute atomic E-state index is 0.0197. The third kappa shape index (κ3) is 2.79. The van der Waals surface area contributed by atoms with Gasteiger partial charge in [0.25, 0.3) is 5.91 Å². The molecule has 86 valence electrons. The molecule has 4 heteroatoms. The van der Waals surface area contributed by atoms with E-state index in [9.17, 15) is 9.59 Å². The molecule has 0 saturated carbocycles. The first-order valence-electron chi connectivity index (χ1n) is 5.14. The van der Waals surface area contributed by atoms with Crippen LogP contribution in [0.25, 0.3) is 0 Å². The van der Waals surface area contributed by atoms with Gasteiger partial charge < -0.3 is 5.32 Å². The van der Waals surface area contributed by atoms with Crippen LogP contribution in [0.2, 0.25) is 0 Å². The number of rotatable bonds is 3. The Kier molecular flexibility index (Phi) is 3.35. The van der Waals surface area contributed by atoms with Crippen LogP contribution in [-0.2, 0) is 0 Å². The van der Waals surface area contributed by atoms with Crippen molar-refractivity contribution < 1.29 is 9.59 Å². The highest BCUT2D eigenvalue weighted by Gasteiger charge is 2.11. The van der Waals surface area contributed by atoms with Gasteiger partial charge in [0.2, 0.25) is 0 Å². The van der Waals surface area contributed by atoms with E-state index in [4.69, 9.17) is 0 Å². The van der Waals surface area contributed by atoms with Gasteiger partial charge in [-0.05, 0) is 31.2 Å². The molecular weight excluding hydrogens is 234 g/mol. The molecule has 0 atom stereocenters. The van der Waals surface area contributed by atoms with Crippen molar-refractivity contribution >= 4 is 28.7 Å². The molecule has 0 aliphatic heterocycles. The number of ketones is 1. The van der Waals surface area contributed by atoms with E-state index in [0.29, 0.717) is 9.75 Å². The highest BCUT2D eigenvalue weighted by Crippen LogP contribution is 2.18. The van der Waals surface area contributed by atoms with Crippen molar-refractivity contribution in [1.29, 1.82) is 0 Å². The second-order valence-corrected chi connectivity index (χ2v) is 4.62. The summed E-state index contributed by atoms with van der Waals surface area (Å²) in [6.07, 6.45) is 0. The molecule has 1 N–H and O–H groups in total. The Balaban J connectivity index is 2.12. The maximum atomic E-state index is 11.8. The van der Waals surface area contributed by atoms with Crippen LogP contribution in [0.5, 0.6) is 0 Å². The quantitative estimate of drug-likeness (QED) is 0.844. The van der Waals surface area contributed by atoms with Crippen molar-refractivity contribution in [2.24, 2.45) is 0 Å². The summed E-state index contributed by atoms with van der Waals surface area (Å²) < 4.78 is 0. The SMILES string of the molecule is CC(=O)c1ccc(C(=O)Nc2ccccc2)s1. The van der Waals surface area contributed by atoms with E-state index in [1.807, 2.05) is 30.3 Å². The average Bonchev–Trinajstić information content (AvgIpc) is 2.79. The van der Waals surface area contributed by atoms with Crippen LogP contribution in [0.4, 0.5) is 5.69 Å². The number of carbonyl (C=O) groups excluding carboxylic acids is 2. The lowest BCUT2D eigenvalue weighted by Crippen LogP contribution is -2.09. The zero-order chi connectivity index (χ0) is 12.3. The van der Waals surface area contributed by atoms with E-state index in [0.717, 1.165) is 5.69 Å². The first kappa shape index (κ1) is 11.5. The monoisotopic (exact) mass is 245 g/mol. The molecule has 3 nitrogen and oxygen atoms in total. The topological polar surface area (TPSA) is 46.2 Å². The van der Waals surface area contributed by atoms with E-state index < -0.39 is 0 Å². The molecule has 1 amide bonds. The largest absolute Gasteiger partial charge is 0.321 e. The fourth-order valence-electron chi connectivity index (χ4n) is 1.36. The molecule has 0 bridgehead atoms. The van der Waals surface area contributed by atoms with Crippen molar-refractivity contribution in [3.63, 3.8) is 0 Å². The predicted molar refractivity (Wildman–Crippen MR) is 68.7 cm³/mol. The summed E-state index contributed by atoms with van der Waals surface area (Å²) in [4.78, 5) is 24.1. The molecule has 2 rings (SSSR count). The minimum Gasteiger partial charge on any atom is -0.321 e. The van der Waals surface area contributed by atoms with Crippen molar-refractivity contribution in [3.8, 4) is 0 Å². The summed E-state index contributed by atoms with van der Waals surface area (Å²) in [5.74, 6) is -0.206. The molecule has 0 spiro atoms. The standard InChI is InChI=1S/C13H11NO2S/c1-9(15)11-7-8-12(17-11)13(16)14-10-5-3-2-4-6-10/h2-8H,1H3,(H,14,16). The van der Waals surface area contributed by atoms with Gasteiger partial charge in [0.15, 0.2) is 5.78 Å². The molecule has 0 fully saturated rings. The number of anilines is 1. The van der Waals surface area contributed by atoms with Crippen molar-refractivity contribution in [2.45, 2.75) is 6.92 Å². The molecule has 1 aromatic carbocycles. The third-order valence-electron chi connectivity index (χ3n) is 2.21. The molecule has 17 heavy (non-hydrogen) atoms. The van der Waals surface area contributed by atoms with Crippen LogP contribution in [0.15, 0.2) is 42.5 Å². The first-order valence-corrected chi connectivity index (χ1v) is 5.95. The Hall–Kier alpha value is -1.94. The number of Topliss-reactive ketones (excluding diaryl/α,β-unsaturated/α-hetero) is 1. The van der Waals surface area contributed by atoms with E-state index >= 15 is 0 Å². The van der Waals surface area contributed by atoms with Crippen LogP contribution in [0.1, 0.15) is 26.3 Å². The average molecular weight is 245 g/mol. The van der Waals surface area contributed by atoms with Crippen molar-refractivity contribution in [2.75, 3.05) is 5.32 Å². The van der Waals surface area contributed by atoms with Gasteiger partial charge in [0, 0.05) is 5.69 Å². The Morgan fingerprint density at radius 1 is 1.00 bits per heavy atom. The number of carbonyl (C=O) groups is 2.